The number of hydrazone groups is 2. The molecule has 25 heavy (non-hydrogen) atoms. The van der Waals surface area contributed by atoms with Gasteiger partial charge >= 0.3 is 0 Å². The second-order valence-electron chi connectivity index (χ2n) is 5.34. The summed E-state index contributed by atoms with van der Waals surface area (Å²) in [6.07, 6.45) is 3.60. The molecule has 0 fully saturated rings. The lowest BCUT2D eigenvalue weighted by molar-refractivity contribution is -0.122. The first-order chi connectivity index (χ1) is 12.0. The number of carbonyl (C=O) groups excluding carboxylic acids is 2. The minimum Gasteiger partial charge on any atom is -0.460 e. The van der Waals surface area contributed by atoms with Crippen LogP contribution in [0, 0.1) is 13.8 Å². The SMILES string of the molecule is Cc1ccc(/C=N/NC(=O)CCCC(=O)N/N=C/c2ccc(C)o2)o1. The van der Waals surface area contributed by atoms with Crippen molar-refractivity contribution in [1.82, 2.24) is 10.9 Å². The van der Waals surface area contributed by atoms with Crippen molar-refractivity contribution >= 4 is 24.2 Å². The summed E-state index contributed by atoms with van der Waals surface area (Å²) in [6.45, 7) is 3.64. The van der Waals surface area contributed by atoms with Gasteiger partial charge in [0.15, 0.2) is 0 Å². The van der Waals surface area contributed by atoms with E-state index >= 15 is 0 Å². The van der Waals surface area contributed by atoms with Gasteiger partial charge < -0.3 is 8.83 Å². The van der Waals surface area contributed by atoms with Gasteiger partial charge in [0.2, 0.25) is 11.8 Å². The van der Waals surface area contributed by atoms with Gasteiger partial charge in [0.1, 0.15) is 23.0 Å². The average molecular weight is 344 g/mol. The molecule has 0 aliphatic rings. The predicted octanol–water partition coefficient (Wildman–Crippen LogP) is 2.26. The molecule has 2 aromatic heterocycles. The number of rotatable bonds is 8. The number of carbonyl (C=O) groups is 2. The zero-order chi connectivity index (χ0) is 18.1. The Hall–Kier alpha value is -3.16. The number of nitrogens with zero attached hydrogens (tertiary/aromatic N) is 2. The Balaban J connectivity index is 1.59. The van der Waals surface area contributed by atoms with Gasteiger partial charge in [-0.2, -0.15) is 10.2 Å². The zero-order valence-corrected chi connectivity index (χ0v) is 14.1. The van der Waals surface area contributed by atoms with Crippen molar-refractivity contribution in [2.45, 2.75) is 33.1 Å². The molecule has 0 bridgehead atoms. The zero-order valence-electron chi connectivity index (χ0n) is 14.1. The van der Waals surface area contributed by atoms with E-state index in [4.69, 9.17) is 8.83 Å². The van der Waals surface area contributed by atoms with Crippen LogP contribution in [0.25, 0.3) is 0 Å². The number of furan rings is 2. The largest absolute Gasteiger partial charge is 0.460 e. The van der Waals surface area contributed by atoms with E-state index in [9.17, 15) is 9.59 Å². The highest BCUT2D eigenvalue weighted by Gasteiger charge is 2.04. The number of aryl methyl sites for hydroxylation is 2. The monoisotopic (exact) mass is 344 g/mol. The van der Waals surface area contributed by atoms with Crippen LogP contribution in [0.3, 0.4) is 0 Å². The Morgan fingerprint density at radius 2 is 1.32 bits per heavy atom. The normalized spacial score (nSPS) is 11.3. The summed E-state index contributed by atoms with van der Waals surface area (Å²) in [6, 6.07) is 7.11. The Kier molecular flexibility index (Phi) is 6.70. The smallest absolute Gasteiger partial charge is 0.240 e. The fraction of sp³-hybridized carbons (Fsp3) is 0.294. The van der Waals surface area contributed by atoms with Crippen LogP contribution in [0.5, 0.6) is 0 Å². The number of amides is 2. The summed E-state index contributed by atoms with van der Waals surface area (Å²) >= 11 is 0. The van der Waals surface area contributed by atoms with E-state index in [1.165, 1.54) is 12.4 Å². The predicted molar refractivity (Wildman–Crippen MR) is 92.2 cm³/mol. The molecule has 0 aliphatic carbocycles. The summed E-state index contributed by atoms with van der Waals surface area (Å²) in [4.78, 5) is 23.2. The summed E-state index contributed by atoms with van der Waals surface area (Å²) in [5, 5.41) is 7.57. The van der Waals surface area contributed by atoms with Gasteiger partial charge in [-0.1, -0.05) is 0 Å². The molecule has 2 rings (SSSR count). The van der Waals surface area contributed by atoms with Crippen LogP contribution in [-0.4, -0.2) is 24.2 Å². The van der Waals surface area contributed by atoms with E-state index in [0.29, 0.717) is 17.9 Å². The number of hydrogen-bond acceptors (Lipinski definition) is 6. The van der Waals surface area contributed by atoms with Crippen LogP contribution < -0.4 is 10.9 Å². The third-order valence-electron chi connectivity index (χ3n) is 3.09. The maximum absolute atomic E-state index is 11.6. The highest BCUT2D eigenvalue weighted by Crippen LogP contribution is 2.03. The highest BCUT2D eigenvalue weighted by atomic mass is 16.3. The van der Waals surface area contributed by atoms with E-state index in [0.717, 1.165) is 11.5 Å². The Morgan fingerprint density at radius 3 is 1.68 bits per heavy atom. The molecule has 8 nitrogen and oxygen atoms in total. The quantitative estimate of drug-likeness (QED) is 0.565. The molecule has 2 N–H and O–H groups in total. The van der Waals surface area contributed by atoms with E-state index in [1.807, 2.05) is 13.8 Å². The minimum absolute atomic E-state index is 0.184. The van der Waals surface area contributed by atoms with Crippen LogP contribution >= 0.6 is 0 Å². The van der Waals surface area contributed by atoms with Crippen LogP contribution in [0.15, 0.2) is 43.3 Å². The highest BCUT2D eigenvalue weighted by molar-refractivity contribution is 5.82. The first kappa shape index (κ1) is 18.2. The molecule has 0 spiro atoms. The van der Waals surface area contributed by atoms with Gasteiger partial charge in [0, 0.05) is 12.8 Å². The van der Waals surface area contributed by atoms with Crippen LogP contribution in [0.1, 0.15) is 42.3 Å². The molecule has 8 heteroatoms. The fourth-order valence-electron chi connectivity index (χ4n) is 1.90. The molecule has 2 amide bonds. The Labute approximate surface area is 145 Å². The topological polar surface area (TPSA) is 109 Å². The molecule has 2 aromatic rings. The molecule has 0 aromatic carbocycles. The van der Waals surface area contributed by atoms with Gasteiger partial charge in [-0.15, -0.1) is 0 Å². The van der Waals surface area contributed by atoms with Crippen molar-refractivity contribution in [3.63, 3.8) is 0 Å². The van der Waals surface area contributed by atoms with Gasteiger partial charge in [-0.3, -0.25) is 9.59 Å². The van der Waals surface area contributed by atoms with Crippen molar-refractivity contribution in [1.29, 1.82) is 0 Å². The molecular weight excluding hydrogens is 324 g/mol. The summed E-state index contributed by atoms with van der Waals surface area (Å²) in [5.41, 5.74) is 4.76. The molecule has 0 unspecified atom stereocenters. The van der Waals surface area contributed by atoms with E-state index in [2.05, 4.69) is 21.1 Å². The van der Waals surface area contributed by atoms with Gasteiger partial charge in [-0.05, 0) is 44.5 Å². The summed E-state index contributed by atoms with van der Waals surface area (Å²) in [7, 11) is 0. The van der Waals surface area contributed by atoms with Crippen molar-refractivity contribution in [2.75, 3.05) is 0 Å². The van der Waals surface area contributed by atoms with Gasteiger partial charge in [0.05, 0.1) is 12.4 Å². The van der Waals surface area contributed by atoms with E-state index < -0.39 is 0 Å². The maximum Gasteiger partial charge on any atom is 0.240 e. The lowest BCUT2D eigenvalue weighted by Gasteiger charge is -2.00. The van der Waals surface area contributed by atoms with E-state index in [1.54, 1.807) is 24.3 Å². The molecular formula is C17H20N4O4. The molecule has 0 aliphatic heterocycles. The van der Waals surface area contributed by atoms with E-state index in [-0.39, 0.29) is 24.7 Å². The lowest BCUT2D eigenvalue weighted by Crippen LogP contribution is -2.20. The van der Waals surface area contributed by atoms with Crippen molar-refractivity contribution < 1.29 is 18.4 Å². The molecule has 0 saturated heterocycles. The molecule has 0 atom stereocenters. The van der Waals surface area contributed by atoms with Crippen LogP contribution in [0.2, 0.25) is 0 Å². The first-order valence-corrected chi connectivity index (χ1v) is 7.79. The van der Waals surface area contributed by atoms with Crippen LogP contribution in [-0.2, 0) is 9.59 Å². The molecule has 0 saturated carbocycles. The van der Waals surface area contributed by atoms with Crippen molar-refractivity contribution in [2.24, 2.45) is 10.2 Å². The second kappa shape index (κ2) is 9.21. The average Bonchev–Trinajstić information content (AvgIpc) is 3.16. The second-order valence-corrected chi connectivity index (χ2v) is 5.34. The van der Waals surface area contributed by atoms with Crippen molar-refractivity contribution in [3.8, 4) is 0 Å². The van der Waals surface area contributed by atoms with Crippen LogP contribution in [0.4, 0.5) is 0 Å². The van der Waals surface area contributed by atoms with Gasteiger partial charge in [0.25, 0.3) is 0 Å². The third-order valence-corrected chi connectivity index (χ3v) is 3.09. The van der Waals surface area contributed by atoms with Gasteiger partial charge in [-0.25, -0.2) is 10.9 Å². The number of hydrogen-bond donors (Lipinski definition) is 2. The summed E-state index contributed by atoms with van der Waals surface area (Å²) < 4.78 is 10.6. The first-order valence-electron chi connectivity index (χ1n) is 7.79. The Morgan fingerprint density at radius 1 is 0.880 bits per heavy atom. The third kappa shape index (κ3) is 6.86. The fourth-order valence-corrected chi connectivity index (χ4v) is 1.90. The molecule has 2 heterocycles. The lowest BCUT2D eigenvalue weighted by atomic mass is 10.2. The minimum atomic E-state index is -0.276. The standard InChI is InChI=1S/C17H20N4O4/c1-12-6-8-14(24-12)10-18-20-16(22)4-3-5-17(23)21-19-11-15-9-7-13(2)25-15/h6-11H,3-5H2,1-2H3,(H,20,22)(H,21,23)/b18-10+,19-11+. The maximum atomic E-state index is 11.6. The Bertz CT molecular complexity index is 709. The van der Waals surface area contributed by atoms with Crippen molar-refractivity contribution in [3.05, 3.63) is 47.3 Å². The molecule has 0 radical (unpaired) electrons. The number of nitrogens with one attached hydrogen (secondary N) is 2. The summed E-state index contributed by atoms with van der Waals surface area (Å²) in [5.74, 6) is 2.10. The molecule has 132 valence electrons.